The summed E-state index contributed by atoms with van der Waals surface area (Å²) < 4.78 is 28.0. The second kappa shape index (κ2) is 5.42. The average molecular weight is 363 g/mol. The number of aromatic nitrogens is 1. The van der Waals surface area contributed by atoms with Crippen LogP contribution in [0, 0.1) is 0 Å². The molecule has 1 aromatic heterocycles. The summed E-state index contributed by atoms with van der Waals surface area (Å²) in [6.07, 6.45) is 1.04. The first-order valence-electron chi connectivity index (χ1n) is 4.42. The van der Waals surface area contributed by atoms with Crippen LogP contribution in [0.1, 0.15) is 12.5 Å². The molecule has 0 aliphatic carbocycles. The Balaban J connectivity index is 2.84. The van der Waals surface area contributed by atoms with E-state index in [4.69, 9.17) is 22.1 Å². The second-order valence-corrected chi connectivity index (χ2v) is 5.06. The molecule has 0 amide bonds. The minimum atomic E-state index is -2.99. The molecule has 90 valence electrons. The summed E-state index contributed by atoms with van der Waals surface area (Å²) in [5.74, 6) is 0.114. The van der Waals surface area contributed by atoms with Crippen LogP contribution in [0.15, 0.2) is 12.3 Å². The van der Waals surface area contributed by atoms with Crippen molar-refractivity contribution in [2.75, 3.05) is 6.61 Å². The minimum Gasteiger partial charge on any atom is -0.475 e. The van der Waals surface area contributed by atoms with E-state index in [1.807, 2.05) is 0 Å². The minimum absolute atomic E-state index is 0.0505. The number of nitrogens with two attached hydrogens (primary N) is 1. The van der Waals surface area contributed by atoms with Crippen molar-refractivity contribution >= 4 is 34.2 Å². The number of hydrogen-bond donors (Lipinski definition) is 1. The Morgan fingerprint density at radius 1 is 1.69 bits per heavy atom. The molecule has 0 aliphatic heterocycles. The molecule has 0 spiro atoms. The number of halogens is 4. The standard InChI is InChI=1S/C9H10ClF2IN2O/c1-5(14)4-16-8-7(10)2-6(3-15-8)9(11,12)13/h2-3,5H,4,14H2,1H3/t5-/m1/s1. The highest BCUT2D eigenvalue weighted by atomic mass is 127. The highest BCUT2D eigenvalue weighted by Gasteiger charge is 2.28. The lowest BCUT2D eigenvalue weighted by molar-refractivity contribution is 0.127. The summed E-state index contributed by atoms with van der Waals surface area (Å²) in [7, 11) is 0. The second-order valence-electron chi connectivity index (χ2n) is 3.30. The summed E-state index contributed by atoms with van der Waals surface area (Å²) in [6.45, 7) is 1.98. The van der Waals surface area contributed by atoms with Crippen molar-refractivity contribution in [2.24, 2.45) is 5.73 Å². The normalized spacial score (nSPS) is 13.6. The fourth-order valence-electron chi connectivity index (χ4n) is 0.897. The molecule has 2 N–H and O–H groups in total. The first kappa shape index (κ1) is 13.9. The van der Waals surface area contributed by atoms with E-state index in [0.29, 0.717) is 0 Å². The van der Waals surface area contributed by atoms with Crippen LogP contribution in [0.4, 0.5) is 8.78 Å². The molecular formula is C9H10ClF2IN2O. The van der Waals surface area contributed by atoms with Gasteiger partial charge in [0.25, 0.3) is 0 Å². The van der Waals surface area contributed by atoms with Gasteiger partial charge in [0.15, 0.2) is 0 Å². The summed E-state index contributed by atoms with van der Waals surface area (Å²) in [5.41, 5.74) is 5.21. The summed E-state index contributed by atoms with van der Waals surface area (Å²) in [6, 6.07) is 0.959. The molecule has 3 nitrogen and oxygen atoms in total. The third-order valence-electron chi connectivity index (χ3n) is 1.62. The van der Waals surface area contributed by atoms with Crippen LogP contribution in [-0.2, 0) is 3.93 Å². The molecule has 7 heteroatoms. The Morgan fingerprint density at radius 3 is 2.75 bits per heavy atom. The van der Waals surface area contributed by atoms with E-state index < -0.39 is 3.93 Å². The Labute approximate surface area is 110 Å². The molecule has 1 rings (SSSR count). The maximum absolute atomic E-state index is 12.9. The van der Waals surface area contributed by atoms with Crippen molar-refractivity contribution in [1.82, 2.24) is 4.98 Å². The number of ether oxygens (including phenoxy) is 1. The third kappa shape index (κ3) is 3.99. The van der Waals surface area contributed by atoms with Gasteiger partial charge in [0.1, 0.15) is 11.6 Å². The van der Waals surface area contributed by atoms with E-state index in [1.165, 1.54) is 0 Å². The first-order valence-corrected chi connectivity index (χ1v) is 5.87. The van der Waals surface area contributed by atoms with Gasteiger partial charge in [0, 0.05) is 34.8 Å². The smallest absolute Gasteiger partial charge is 0.323 e. The summed E-state index contributed by atoms with van der Waals surface area (Å²) >= 11 is 6.76. The summed E-state index contributed by atoms with van der Waals surface area (Å²) in [5, 5.41) is 0.0505. The zero-order valence-electron chi connectivity index (χ0n) is 8.38. The maximum Gasteiger partial charge on any atom is 0.323 e. The predicted molar refractivity (Wildman–Crippen MR) is 66.3 cm³/mol. The molecule has 0 aromatic carbocycles. The van der Waals surface area contributed by atoms with Gasteiger partial charge >= 0.3 is 3.93 Å². The third-order valence-corrected chi connectivity index (χ3v) is 2.51. The Morgan fingerprint density at radius 2 is 2.31 bits per heavy atom. The Hall–Kier alpha value is -0.210. The van der Waals surface area contributed by atoms with Crippen molar-refractivity contribution in [3.8, 4) is 5.88 Å². The lowest BCUT2D eigenvalue weighted by Crippen LogP contribution is -2.24. The quantitative estimate of drug-likeness (QED) is 0.662. The fourth-order valence-corrected chi connectivity index (χ4v) is 1.41. The van der Waals surface area contributed by atoms with Gasteiger partial charge in [-0.3, -0.25) is 0 Å². The van der Waals surface area contributed by atoms with E-state index in [2.05, 4.69) is 4.98 Å². The van der Waals surface area contributed by atoms with Gasteiger partial charge in [0.2, 0.25) is 5.88 Å². The van der Waals surface area contributed by atoms with Gasteiger partial charge < -0.3 is 10.5 Å². The van der Waals surface area contributed by atoms with E-state index in [1.54, 1.807) is 6.92 Å². The molecule has 0 saturated carbocycles. The Bertz CT molecular complexity index is 371. The maximum atomic E-state index is 12.9. The van der Waals surface area contributed by atoms with Crippen molar-refractivity contribution in [3.05, 3.63) is 22.8 Å². The summed E-state index contributed by atoms with van der Waals surface area (Å²) in [4.78, 5) is 3.72. The molecule has 1 heterocycles. The van der Waals surface area contributed by atoms with Crippen LogP contribution in [0.25, 0.3) is 0 Å². The highest BCUT2D eigenvalue weighted by molar-refractivity contribution is 14.1. The average Bonchev–Trinajstić information content (AvgIpc) is 2.14. The van der Waals surface area contributed by atoms with Gasteiger partial charge in [0.05, 0.1) is 5.56 Å². The molecule has 0 aliphatic rings. The van der Waals surface area contributed by atoms with Crippen molar-refractivity contribution < 1.29 is 13.5 Å². The van der Waals surface area contributed by atoms with Crippen LogP contribution in [0.2, 0.25) is 5.02 Å². The van der Waals surface area contributed by atoms with E-state index in [9.17, 15) is 8.78 Å². The highest BCUT2D eigenvalue weighted by Crippen LogP contribution is 2.37. The first-order chi connectivity index (χ1) is 7.30. The van der Waals surface area contributed by atoms with Crippen LogP contribution >= 0.6 is 34.2 Å². The lowest BCUT2D eigenvalue weighted by Gasteiger charge is -2.12. The van der Waals surface area contributed by atoms with Crippen molar-refractivity contribution in [3.63, 3.8) is 0 Å². The van der Waals surface area contributed by atoms with Crippen LogP contribution in [-0.4, -0.2) is 17.6 Å². The molecule has 1 aromatic rings. The van der Waals surface area contributed by atoms with Crippen LogP contribution in [0.3, 0.4) is 0 Å². The number of rotatable bonds is 4. The molecule has 0 radical (unpaired) electrons. The van der Waals surface area contributed by atoms with Gasteiger partial charge in [-0.25, -0.2) is 4.98 Å². The number of alkyl halides is 3. The molecule has 16 heavy (non-hydrogen) atoms. The molecule has 0 saturated heterocycles. The molecule has 0 fully saturated rings. The zero-order chi connectivity index (χ0) is 12.3. The van der Waals surface area contributed by atoms with Gasteiger partial charge in [-0.15, -0.1) is 0 Å². The lowest BCUT2D eigenvalue weighted by atomic mass is 10.3. The molecular weight excluding hydrogens is 352 g/mol. The number of pyridine rings is 1. The van der Waals surface area contributed by atoms with Gasteiger partial charge in [-0.1, -0.05) is 11.6 Å². The molecule has 0 bridgehead atoms. The molecule has 0 unspecified atom stereocenters. The monoisotopic (exact) mass is 362 g/mol. The molecule has 1 atom stereocenters. The van der Waals surface area contributed by atoms with Crippen molar-refractivity contribution in [1.29, 1.82) is 0 Å². The van der Waals surface area contributed by atoms with Crippen LogP contribution in [0.5, 0.6) is 5.88 Å². The van der Waals surface area contributed by atoms with E-state index >= 15 is 0 Å². The SMILES string of the molecule is C[C@@H](N)COc1ncc(C(F)(F)I)cc1Cl. The topological polar surface area (TPSA) is 48.1 Å². The zero-order valence-corrected chi connectivity index (χ0v) is 11.3. The predicted octanol–water partition coefficient (Wildman–Crippen LogP) is 2.95. The van der Waals surface area contributed by atoms with Crippen LogP contribution < -0.4 is 10.5 Å². The largest absolute Gasteiger partial charge is 0.475 e. The fraction of sp³-hybridized carbons (Fsp3) is 0.444. The van der Waals surface area contributed by atoms with E-state index in [0.717, 1.165) is 34.9 Å². The Kier molecular flexibility index (Phi) is 4.69. The van der Waals surface area contributed by atoms with E-state index in [-0.39, 0.29) is 29.1 Å². The number of hydrogen-bond acceptors (Lipinski definition) is 3. The van der Waals surface area contributed by atoms with Crippen molar-refractivity contribution in [2.45, 2.75) is 16.9 Å². The van der Waals surface area contributed by atoms with Gasteiger partial charge in [-0.05, 0) is 13.0 Å². The number of nitrogens with zero attached hydrogens (tertiary/aromatic N) is 1. The van der Waals surface area contributed by atoms with Gasteiger partial charge in [-0.2, -0.15) is 8.78 Å².